The third-order valence-electron chi connectivity index (χ3n) is 5.19. The number of anilines is 3. The van der Waals surface area contributed by atoms with E-state index in [1.54, 1.807) is 12.4 Å². The van der Waals surface area contributed by atoms with E-state index >= 15 is 0 Å². The molecule has 0 amide bonds. The van der Waals surface area contributed by atoms with Crippen LogP contribution in [0.4, 0.5) is 17.2 Å². The molecule has 0 bridgehead atoms. The summed E-state index contributed by atoms with van der Waals surface area (Å²) in [4.78, 5) is 15.7. The smallest absolute Gasteiger partial charge is 0.147 e. The van der Waals surface area contributed by atoms with Crippen molar-refractivity contribution < 1.29 is 0 Å². The van der Waals surface area contributed by atoms with E-state index in [0.717, 1.165) is 36.2 Å². The highest BCUT2D eigenvalue weighted by Gasteiger charge is 2.29. The number of aromatic nitrogens is 2. The summed E-state index contributed by atoms with van der Waals surface area (Å²) in [6.45, 7) is 2.63. The highest BCUT2D eigenvalue weighted by Crippen LogP contribution is 2.32. The summed E-state index contributed by atoms with van der Waals surface area (Å²) in [5.74, 6) is 0.912. The Balaban J connectivity index is 1.67. The van der Waals surface area contributed by atoms with Gasteiger partial charge < -0.3 is 14.7 Å². The molecule has 3 aromatic rings. The number of halogens is 1. The highest BCUT2D eigenvalue weighted by atomic mass is 35.5. The Morgan fingerprint density at radius 3 is 2.54 bits per heavy atom. The maximum atomic E-state index is 6.23. The fraction of sp³-hybridized carbons (Fsp3) is 0.273. The predicted molar refractivity (Wildman–Crippen MR) is 117 cm³/mol. The SMILES string of the molecule is CN(C)c1ccc(C2CN(c3cccc(Cl)c3)CCN2c2cnccn2)cc1. The van der Waals surface area contributed by atoms with Gasteiger partial charge >= 0.3 is 0 Å². The van der Waals surface area contributed by atoms with Crippen LogP contribution in [0.25, 0.3) is 0 Å². The highest BCUT2D eigenvalue weighted by molar-refractivity contribution is 6.30. The first kappa shape index (κ1) is 18.6. The number of piperazine rings is 1. The lowest BCUT2D eigenvalue weighted by Gasteiger charge is -2.43. The van der Waals surface area contributed by atoms with Crippen molar-refractivity contribution in [1.29, 1.82) is 0 Å². The lowest BCUT2D eigenvalue weighted by Crippen LogP contribution is -2.49. The van der Waals surface area contributed by atoms with Crippen LogP contribution in [0.3, 0.4) is 0 Å². The van der Waals surface area contributed by atoms with E-state index in [4.69, 9.17) is 11.6 Å². The van der Waals surface area contributed by atoms with Crippen LogP contribution in [0.15, 0.2) is 67.1 Å². The van der Waals surface area contributed by atoms with E-state index < -0.39 is 0 Å². The van der Waals surface area contributed by atoms with Crippen molar-refractivity contribution in [3.8, 4) is 0 Å². The molecule has 0 radical (unpaired) electrons. The van der Waals surface area contributed by atoms with E-state index in [0.29, 0.717) is 0 Å². The van der Waals surface area contributed by atoms with Gasteiger partial charge in [-0.15, -0.1) is 0 Å². The molecule has 0 saturated carbocycles. The number of hydrogen-bond donors (Lipinski definition) is 0. The monoisotopic (exact) mass is 393 g/mol. The minimum absolute atomic E-state index is 0.181. The summed E-state index contributed by atoms with van der Waals surface area (Å²) in [5.41, 5.74) is 3.61. The number of benzene rings is 2. The lowest BCUT2D eigenvalue weighted by atomic mass is 10.0. The number of hydrogen-bond acceptors (Lipinski definition) is 5. The molecular weight excluding hydrogens is 370 g/mol. The fourth-order valence-corrected chi connectivity index (χ4v) is 3.87. The lowest BCUT2D eigenvalue weighted by molar-refractivity contribution is 0.534. The fourth-order valence-electron chi connectivity index (χ4n) is 3.68. The molecule has 144 valence electrons. The standard InChI is InChI=1S/C22H24ClN5/c1-26(2)19-8-6-17(7-9-19)21-16-27(20-5-3-4-18(23)14-20)12-13-28(21)22-15-24-10-11-25-22/h3-11,14-15,21H,12-13,16H2,1-2H3. The molecular formula is C22H24ClN5. The van der Waals surface area contributed by atoms with Gasteiger partial charge in [0.25, 0.3) is 0 Å². The molecule has 1 aliphatic rings. The largest absolute Gasteiger partial charge is 0.378 e. The number of rotatable bonds is 4. The van der Waals surface area contributed by atoms with E-state index in [1.807, 2.05) is 24.4 Å². The second-order valence-corrected chi connectivity index (χ2v) is 7.62. The van der Waals surface area contributed by atoms with Crippen molar-refractivity contribution in [3.63, 3.8) is 0 Å². The quantitative estimate of drug-likeness (QED) is 0.661. The molecule has 1 aromatic heterocycles. The Hall–Kier alpha value is -2.79. The van der Waals surface area contributed by atoms with Gasteiger partial charge in [0, 0.05) is 62.5 Å². The average molecular weight is 394 g/mol. The Labute approximate surface area is 171 Å². The zero-order chi connectivity index (χ0) is 19.5. The first-order chi connectivity index (χ1) is 13.6. The molecule has 2 heterocycles. The van der Waals surface area contributed by atoms with Crippen molar-refractivity contribution in [1.82, 2.24) is 9.97 Å². The normalized spacial score (nSPS) is 16.9. The summed E-state index contributed by atoms with van der Waals surface area (Å²) in [6.07, 6.45) is 5.31. The van der Waals surface area contributed by atoms with Crippen LogP contribution in [0, 0.1) is 0 Å². The van der Waals surface area contributed by atoms with Gasteiger partial charge in [0.1, 0.15) is 5.82 Å². The van der Waals surface area contributed by atoms with Crippen molar-refractivity contribution in [2.45, 2.75) is 6.04 Å². The van der Waals surface area contributed by atoms with Crippen LogP contribution >= 0.6 is 11.6 Å². The minimum atomic E-state index is 0.181. The van der Waals surface area contributed by atoms with Gasteiger partial charge in [-0.3, -0.25) is 4.98 Å². The predicted octanol–water partition coefficient (Wildman–Crippen LogP) is 4.26. The molecule has 2 aromatic carbocycles. The average Bonchev–Trinajstić information content (AvgIpc) is 2.74. The van der Waals surface area contributed by atoms with Gasteiger partial charge in [-0.05, 0) is 35.9 Å². The van der Waals surface area contributed by atoms with Gasteiger partial charge in [0.15, 0.2) is 0 Å². The second kappa shape index (κ2) is 8.07. The topological polar surface area (TPSA) is 35.5 Å². The first-order valence-corrected chi connectivity index (χ1v) is 9.80. The maximum absolute atomic E-state index is 6.23. The molecule has 1 unspecified atom stereocenters. The van der Waals surface area contributed by atoms with Gasteiger partial charge in [-0.1, -0.05) is 29.8 Å². The number of nitrogens with zero attached hydrogens (tertiary/aromatic N) is 5. The molecule has 1 aliphatic heterocycles. The molecule has 28 heavy (non-hydrogen) atoms. The summed E-state index contributed by atoms with van der Waals surface area (Å²) in [6, 6.07) is 17.0. The maximum Gasteiger partial charge on any atom is 0.147 e. The molecule has 1 atom stereocenters. The Morgan fingerprint density at radius 1 is 1.04 bits per heavy atom. The van der Waals surface area contributed by atoms with Crippen molar-refractivity contribution in [2.24, 2.45) is 0 Å². The molecule has 6 heteroatoms. The van der Waals surface area contributed by atoms with Crippen LogP contribution in [-0.4, -0.2) is 43.7 Å². The molecule has 4 rings (SSSR count). The zero-order valence-electron chi connectivity index (χ0n) is 16.2. The molecule has 0 aliphatic carbocycles. The van der Waals surface area contributed by atoms with Crippen molar-refractivity contribution in [2.75, 3.05) is 48.4 Å². The van der Waals surface area contributed by atoms with E-state index in [2.05, 4.69) is 69.1 Å². The van der Waals surface area contributed by atoms with E-state index in [9.17, 15) is 0 Å². The minimum Gasteiger partial charge on any atom is -0.378 e. The second-order valence-electron chi connectivity index (χ2n) is 7.18. The molecule has 0 spiro atoms. The van der Waals surface area contributed by atoms with Gasteiger partial charge in [-0.25, -0.2) is 4.98 Å². The van der Waals surface area contributed by atoms with Gasteiger partial charge in [0.2, 0.25) is 0 Å². The van der Waals surface area contributed by atoms with Crippen LogP contribution in [0.1, 0.15) is 11.6 Å². The van der Waals surface area contributed by atoms with E-state index in [-0.39, 0.29) is 6.04 Å². The van der Waals surface area contributed by atoms with Crippen LogP contribution in [0.2, 0.25) is 5.02 Å². The molecule has 0 N–H and O–H groups in total. The van der Waals surface area contributed by atoms with Crippen LogP contribution in [-0.2, 0) is 0 Å². The third kappa shape index (κ3) is 3.90. The Kier molecular flexibility index (Phi) is 5.35. The molecule has 1 saturated heterocycles. The summed E-state index contributed by atoms with van der Waals surface area (Å²) in [5, 5.41) is 0.765. The van der Waals surface area contributed by atoms with Gasteiger partial charge in [-0.2, -0.15) is 0 Å². The first-order valence-electron chi connectivity index (χ1n) is 9.42. The van der Waals surface area contributed by atoms with Crippen LogP contribution in [0.5, 0.6) is 0 Å². The summed E-state index contributed by atoms with van der Waals surface area (Å²) >= 11 is 6.23. The van der Waals surface area contributed by atoms with Gasteiger partial charge in [0.05, 0.1) is 12.2 Å². The summed E-state index contributed by atoms with van der Waals surface area (Å²) in [7, 11) is 4.12. The van der Waals surface area contributed by atoms with E-state index in [1.165, 1.54) is 11.3 Å². The molecule has 5 nitrogen and oxygen atoms in total. The Bertz CT molecular complexity index is 914. The van der Waals surface area contributed by atoms with Crippen molar-refractivity contribution in [3.05, 3.63) is 77.7 Å². The Morgan fingerprint density at radius 2 is 1.86 bits per heavy atom. The summed E-state index contributed by atoms with van der Waals surface area (Å²) < 4.78 is 0. The zero-order valence-corrected chi connectivity index (χ0v) is 16.9. The van der Waals surface area contributed by atoms with Crippen molar-refractivity contribution >= 4 is 28.8 Å². The van der Waals surface area contributed by atoms with Crippen LogP contribution < -0.4 is 14.7 Å². The third-order valence-corrected chi connectivity index (χ3v) is 5.43. The molecule has 1 fully saturated rings.